The van der Waals surface area contributed by atoms with E-state index < -0.39 is 0 Å². The zero-order valence-corrected chi connectivity index (χ0v) is 10.0. The summed E-state index contributed by atoms with van der Waals surface area (Å²) in [5.41, 5.74) is 0. The van der Waals surface area contributed by atoms with Gasteiger partial charge in [-0.2, -0.15) is 0 Å². The third-order valence-electron chi connectivity index (χ3n) is 2.47. The van der Waals surface area contributed by atoms with Gasteiger partial charge in [-0.1, -0.05) is 31.8 Å². The van der Waals surface area contributed by atoms with Crippen molar-refractivity contribution in [1.82, 2.24) is 10.2 Å². The van der Waals surface area contributed by atoms with Gasteiger partial charge in [0.2, 0.25) is 5.89 Å². The molecular formula is C10H18ClN3O. The molecule has 0 radical (unpaired) electrons. The fourth-order valence-electron chi connectivity index (χ4n) is 1.32. The van der Waals surface area contributed by atoms with Crippen LogP contribution in [0.4, 0.5) is 6.01 Å². The molecule has 0 bridgehead atoms. The Balaban J connectivity index is 2.36. The van der Waals surface area contributed by atoms with E-state index in [1.165, 1.54) is 0 Å². The maximum absolute atomic E-state index is 5.57. The van der Waals surface area contributed by atoms with Crippen LogP contribution in [0, 0.1) is 5.92 Å². The van der Waals surface area contributed by atoms with Crippen molar-refractivity contribution < 1.29 is 4.42 Å². The van der Waals surface area contributed by atoms with E-state index >= 15 is 0 Å². The smallest absolute Gasteiger partial charge is 0.315 e. The summed E-state index contributed by atoms with van der Waals surface area (Å²) in [6.45, 7) is 5.25. The van der Waals surface area contributed by atoms with Crippen LogP contribution in [0.15, 0.2) is 4.42 Å². The van der Waals surface area contributed by atoms with Crippen LogP contribution in [0.2, 0.25) is 0 Å². The van der Waals surface area contributed by atoms with Gasteiger partial charge < -0.3 is 9.73 Å². The highest BCUT2D eigenvalue weighted by atomic mass is 35.5. The highest BCUT2D eigenvalue weighted by Crippen LogP contribution is 2.11. The number of halogens is 1. The molecule has 0 unspecified atom stereocenters. The summed E-state index contributed by atoms with van der Waals surface area (Å²) < 4.78 is 5.35. The molecule has 4 nitrogen and oxygen atoms in total. The second kappa shape index (κ2) is 6.67. The number of aryl methyl sites for hydroxylation is 1. The van der Waals surface area contributed by atoms with E-state index in [4.69, 9.17) is 16.0 Å². The molecule has 0 fully saturated rings. The molecule has 0 spiro atoms. The van der Waals surface area contributed by atoms with Gasteiger partial charge in [-0.3, -0.25) is 0 Å². The van der Waals surface area contributed by atoms with Crippen LogP contribution in [0.3, 0.4) is 0 Å². The van der Waals surface area contributed by atoms with Gasteiger partial charge in [0.25, 0.3) is 0 Å². The molecule has 0 saturated carbocycles. The Morgan fingerprint density at radius 3 is 2.67 bits per heavy atom. The molecule has 1 N–H and O–H groups in total. The predicted molar refractivity (Wildman–Crippen MR) is 61.3 cm³/mol. The van der Waals surface area contributed by atoms with Gasteiger partial charge in [0.05, 0.1) is 0 Å². The van der Waals surface area contributed by atoms with Crippen molar-refractivity contribution in [3.05, 3.63) is 5.89 Å². The van der Waals surface area contributed by atoms with E-state index in [9.17, 15) is 0 Å². The van der Waals surface area contributed by atoms with Crippen LogP contribution in [0.5, 0.6) is 0 Å². The molecule has 0 aromatic carbocycles. The molecule has 0 amide bonds. The number of aromatic nitrogens is 2. The minimum absolute atomic E-state index is 0.502. The lowest BCUT2D eigenvalue weighted by atomic mass is 10.0. The summed E-state index contributed by atoms with van der Waals surface area (Å²) in [5, 5.41) is 10.9. The first-order valence-corrected chi connectivity index (χ1v) is 5.95. The van der Waals surface area contributed by atoms with E-state index in [1.54, 1.807) is 0 Å². The molecular weight excluding hydrogens is 214 g/mol. The molecule has 86 valence electrons. The van der Waals surface area contributed by atoms with E-state index in [0.29, 0.717) is 30.1 Å². The summed E-state index contributed by atoms with van der Waals surface area (Å²) in [7, 11) is 0. The Labute approximate surface area is 95.4 Å². The second-order valence-electron chi connectivity index (χ2n) is 3.50. The number of anilines is 1. The third-order valence-corrected chi connectivity index (χ3v) is 2.66. The summed E-state index contributed by atoms with van der Waals surface area (Å²) in [5.74, 6) is 1.76. The Morgan fingerprint density at radius 2 is 2.07 bits per heavy atom. The van der Waals surface area contributed by atoms with Crippen LogP contribution in [0.25, 0.3) is 0 Å². The van der Waals surface area contributed by atoms with Gasteiger partial charge in [-0.05, 0) is 5.92 Å². The van der Waals surface area contributed by atoms with Gasteiger partial charge in [0.15, 0.2) is 0 Å². The first kappa shape index (κ1) is 12.3. The lowest BCUT2D eigenvalue weighted by Gasteiger charge is -2.11. The second-order valence-corrected chi connectivity index (χ2v) is 3.88. The summed E-state index contributed by atoms with van der Waals surface area (Å²) in [6.07, 6.45) is 2.94. The molecule has 0 aliphatic carbocycles. The zero-order chi connectivity index (χ0) is 11.1. The van der Waals surface area contributed by atoms with Crippen LogP contribution in [-0.4, -0.2) is 22.6 Å². The van der Waals surface area contributed by atoms with Crippen molar-refractivity contribution in [3.63, 3.8) is 0 Å². The Bertz CT molecular complexity index is 273. The van der Waals surface area contributed by atoms with Crippen LogP contribution in [-0.2, 0) is 6.42 Å². The summed E-state index contributed by atoms with van der Waals surface area (Å²) in [6, 6.07) is 0.502. The van der Waals surface area contributed by atoms with Gasteiger partial charge in [0.1, 0.15) is 0 Å². The quantitative estimate of drug-likeness (QED) is 0.734. The largest absolute Gasteiger partial charge is 0.408 e. The molecule has 5 heteroatoms. The molecule has 15 heavy (non-hydrogen) atoms. The van der Waals surface area contributed by atoms with Crippen molar-refractivity contribution in [3.8, 4) is 0 Å². The molecule has 1 aromatic rings. The zero-order valence-electron chi connectivity index (χ0n) is 9.29. The van der Waals surface area contributed by atoms with Gasteiger partial charge in [-0.25, -0.2) is 0 Å². The molecule has 0 aliphatic rings. The standard InChI is InChI=1S/C10H18ClN3O/c1-3-8(4-2)7-12-10-14-13-9(15-10)5-6-11/h8H,3-7H2,1-2H3,(H,12,14). The van der Waals surface area contributed by atoms with Crippen LogP contribution >= 0.6 is 11.6 Å². The number of rotatable bonds is 7. The molecule has 0 saturated heterocycles. The Kier molecular flexibility index (Phi) is 5.47. The minimum Gasteiger partial charge on any atom is -0.408 e. The minimum atomic E-state index is 0.502. The van der Waals surface area contributed by atoms with Gasteiger partial charge >= 0.3 is 6.01 Å². The fraction of sp³-hybridized carbons (Fsp3) is 0.800. The topological polar surface area (TPSA) is 51.0 Å². The van der Waals surface area contributed by atoms with Crippen LogP contribution < -0.4 is 5.32 Å². The lowest BCUT2D eigenvalue weighted by Crippen LogP contribution is -2.12. The van der Waals surface area contributed by atoms with Crippen molar-refractivity contribution in [2.24, 2.45) is 5.92 Å². The van der Waals surface area contributed by atoms with Gasteiger partial charge in [-0.15, -0.1) is 16.7 Å². The number of nitrogens with one attached hydrogen (secondary N) is 1. The molecule has 1 aromatic heterocycles. The maximum Gasteiger partial charge on any atom is 0.315 e. The number of nitrogens with zero attached hydrogens (tertiary/aromatic N) is 2. The maximum atomic E-state index is 5.57. The Hall–Kier alpha value is -0.770. The first-order valence-electron chi connectivity index (χ1n) is 5.42. The van der Waals surface area contributed by atoms with E-state index in [0.717, 1.165) is 19.4 Å². The molecule has 1 heterocycles. The summed E-state index contributed by atoms with van der Waals surface area (Å²) >= 11 is 5.57. The van der Waals surface area contributed by atoms with E-state index in [2.05, 4.69) is 29.4 Å². The van der Waals surface area contributed by atoms with E-state index in [1.807, 2.05) is 0 Å². The van der Waals surface area contributed by atoms with E-state index in [-0.39, 0.29) is 0 Å². The average Bonchev–Trinajstić information content (AvgIpc) is 2.68. The monoisotopic (exact) mass is 231 g/mol. The molecule has 0 atom stereocenters. The van der Waals surface area contributed by atoms with Crippen molar-refractivity contribution >= 4 is 17.6 Å². The third kappa shape index (κ3) is 4.08. The Morgan fingerprint density at radius 1 is 1.33 bits per heavy atom. The fourth-order valence-corrected chi connectivity index (χ4v) is 1.48. The highest BCUT2D eigenvalue weighted by molar-refractivity contribution is 6.17. The number of hydrogen-bond acceptors (Lipinski definition) is 4. The SMILES string of the molecule is CCC(CC)CNc1nnc(CCCl)o1. The van der Waals surface area contributed by atoms with Gasteiger partial charge in [0, 0.05) is 18.8 Å². The highest BCUT2D eigenvalue weighted by Gasteiger charge is 2.07. The summed E-state index contributed by atoms with van der Waals surface area (Å²) in [4.78, 5) is 0. The predicted octanol–water partition coefficient (Wildman–Crippen LogP) is 2.70. The van der Waals surface area contributed by atoms with Crippen molar-refractivity contribution in [1.29, 1.82) is 0 Å². The molecule has 0 aliphatic heterocycles. The average molecular weight is 232 g/mol. The number of alkyl halides is 1. The van der Waals surface area contributed by atoms with Crippen molar-refractivity contribution in [2.75, 3.05) is 17.7 Å². The van der Waals surface area contributed by atoms with Crippen LogP contribution in [0.1, 0.15) is 32.6 Å². The lowest BCUT2D eigenvalue weighted by molar-refractivity contribution is 0.485. The normalized spacial score (nSPS) is 10.9. The first-order chi connectivity index (χ1) is 7.30. The van der Waals surface area contributed by atoms with Crippen molar-refractivity contribution in [2.45, 2.75) is 33.1 Å². The molecule has 1 rings (SSSR count). The number of hydrogen-bond donors (Lipinski definition) is 1.